The number of likely N-dealkylation sites (N-methyl/N-ethyl adjacent to an activating group) is 1. The molecule has 2 unspecified atom stereocenters. The Bertz CT molecular complexity index is 256. The van der Waals surface area contributed by atoms with Crippen molar-refractivity contribution in [3.63, 3.8) is 0 Å². The summed E-state index contributed by atoms with van der Waals surface area (Å²) in [5.41, 5.74) is 0. The highest BCUT2D eigenvalue weighted by Crippen LogP contribution is 2.17. The Hall–Kier alpha value is -0.610. The van der Waals surface area contributed by atoms with Crippen LogP contribution in [0.5, 0.6) is 0 Å². The van der Waals surface area contributed by atoms with Gasteiger partial charge in [0.15, 0.2) is 0 Å². The molecule has 1 aliphatic heterocycles. The number of carbonyl (C=O) groups is 1. The summed E-state index contributed by atoms with van der Waals surface area (Å²) in [5, 5.41) is 8.91. The number of rotatable bonds is 5. The molecule has 0 aromatic heterocycles. The number of carboxylic acid groups (broad SMARTS) is 1. The minimum atomic E-state index is -0.694. The van der Waals surface area contributed by atoms with Crippen LogP contribution in [0.1, 0.15) is 33.6 Å². The summed E-state index contributed by atoms with van der Waals surface area (Å²) >= 11 is 0. The van der Waals surface area contributed by atoms with Gasteiger partial charge in [0.05, 0.1) is 6.42 Å². The fourth-order valence-electron chi connectivity index (χ4n) is 2.43. The largest absolute Gasteiger partial charge is 0.481 e. The summed E-state index contributed by atoms with van der Waals surface area (Å²) in [5.74, 6) is 0.0139. The zero-order valence-electron chi connectivity index (χ0n) is 11.5. The average molecular weight is 242 g/mol. The summed E-state index contributed by atoms with van der Waals surface area (Å²) in [6, 6.07) is 0.694. The lowest BCUT2D eigenvalue weighted by molar-refractivity contribution is -0.139. The van der Waals surface area contributed by atoms with E-state index >= 15 is 0 Å². The van der Waals surface area contributed by atoms with Crippen molar-refractivity contribution in [2.45, 2.75) is 45.7 Å². The van der Waals surface area contributed by atoms with Crippen molar-refractivity contribution >= 4 is 5.97 Å². The van der Waals surface area contributed by atoms with Crippen molar-refractivity contribution < 1.29 is 9.90 Å². The maximum atomic E-state index is 10.8. The van der Waals surface area contributed by atoms with Gasteiger partial charge in [0.2, 0.25) is 0 Å². The minimum Gasteiger partial charge on any atom is -0.481 e. The zero-order chi connectivity index (χ0) is 13.0. The second-order valence-electron chi connectivity index (χ2n) is 5.72. The van der Waals surface area contributed by atoms with Crippen LogP contribution in [0.25, 0.3) is 0 Å². The molecule has 0 aromatic carbocycles. The molecule has 17 heavy (non-hydrogen) atoms. The van der Waals surface area contributed by atoms with Gasteiger partial charge in [0.1, 0.15) is 0 Å². The molecule has 1 saturated heterocycles. The van der Waals surface area contributed by atoms with E-state index in [1.165, 1.54) is 6.42 Å². The molecule has 1 rings (SSSR count). The molecule has 0 spiro atoms. The topological polar surface area (TPSA) is 43.8 Å². The second-order valence-corrected chi connectivity index (χ2v) is 5.72. The number of hydrogen-bond donors (Lipinski definition) is 1. The van der Waals surface area contributed by atoms with Gasteiger partial charge in [-0.05, 0) is 32.9 Å². The fourth-order valence-corrected chi connectivity index (χ4v) is 2.43. The van der Waals surface area contributed by atoms with Crippen molar-refractivity contribution in [1.29, 1.82) is 0 Å². The third kappa shape index (κ3) is 4.64. The molecule has 0 aromatic rings. The molecule has 0 bridgehead atoms. The number of piperazine rings is 1. The first kappa shape index (κ1) is 14.5. The van der Waals surface area contributed by atoms with Crippen LogP contribution in [0, 0.1) is 5.92 Å². The summed E-state index contributed by atoms with van der Waals surface area (Å²) < 4.78 is 0. The third-order valence-corrected chi connectivity index (χ3v) is 3.65. The standard InChI is InChI=1S/C13H26N2O2/c1-10(2)5-6-15-9-12(7-13(16)17)14(4)8-11(15)3/h10-12H,5-9H2,1-4H3,(H,16,17). The van der Waals surface area contributed by atoms with E-state index in [2.05, 4.69) is 30.6 Å². The summed E-state index contributed by atoms with van der Waals surface area (Å²) in [4.78, 5) is 15.4. The summed E-state index contributed by atoms with van der Waals surface area (Å²) in [6.45, 7) is 9.63. The van der Waals surface area contributed by atoms with E-state index in [-0.39, 0.29) is 12.5 Å². The molecule has 0 aliphatic carbocycles. The van der Waals surface area contributed by atoms with Crippen molar-refractivity contribution in [2.24, 2.45) is 5.92 Å². The van der Waals surface area contributed by atoms with Crippen LogP contribution in [-0.2, 0) is 4.79 Å². The Balaban J connectivity index is 2.50. The normalized spacial score (nSPS) is 27.6. The molecule has 0 saturated carbocycles. The van der Waals surface area contributed by atoms with Crippen molar-refractivity contribution in [2.75, 3.05) is 26.7 Å². The van der Waals surface area contributed by atoms with E-state index in [1.807, 2.05) is 7.05 Å². The fraction of sp³-hybridized carbons (Fsp3) is 0.923. The highest BCUT2D eigenvalue weighted by atomic mass is 16.4. The van der Waals surface area contributed by atoms with Crippen LogP contribution < -0.4 is 0 Å². The van der Waals surface area contributed by atoms with E-state index in [4.69, 9.17) is 5.11 Å². The molecule has 1 aliphatic rings. The average Bonchev–Trinajstić information content (AvgIpc) is 2.19. The van der Waals surface area contributed by atoms with Gasteiger partial charge in [-0.25, -0.2) is 0 Å². The van der Waals surface area contributed by atoms with Gasteiger partial charge in [-0.3, -0.25) is 9.69 Å². The van der Waals surface area contributed by atoms with Gasteiger partial charge >= 0.3 is 5.97 Å². The lowest BCUT2D eigenvalue weighted by Gasteiger charge is -2.43. The van der Waals surface area contributed by atoms with Crippen molar-refractivity contribution in [1.82, 2.24) is 9.80 Å². The van der Waals surface area contributed by atoms with Gasteiger partial charge in [0, 0.05) is 25.2 Å². The predicted octanol–water partition coefficient (Wildman–Crippen LogP) is 1.51. The maximum absolute atomic E-state index is 10.8. The number of hydrogen-bond acceptors (Lipinski definition) is 3. The van der Waals surface area contributed by atoms with E-state index < -0.39 is 5.97 Å². The Kier molecular flexibility index (Phi) is 5.40. The Morgan fingerprint density at radius 1 is 1.41 bits per heavy atom. The van der Waals surface area contributed by atoms with Crippen LogP contribution >= 0.6 is 0 Å². The van der Waals surface area contributed by atoms with Crippen LogP contribution in [-0.4, -0.2) is 59.6 Å². The minimum absolute atomic E-state index is 0.163. The first-order chi connectivity index (χ1) is 7.90. The van der Waals surface area contributed by atoms with Gasteiger partial charge in [-0.2, -0.15) is 0 Å². The molecule has 1 N–H and O–H groups in total. The monoisotopic (exact) mass is 242 g/mol. The summed E-state index contributed by atoms with van der Waals surface area (Å²) in [6.07, 6.45) is 1.44. The first-order valence-corrected chi connectivity index (χ1v) is 6.56. The molecule has 0 radical (unpaired) electrons. The van der Waals surface area contributed by atoms with Crippen LogP contribution in [0.4, 0.5) is 0 Å². The molecule has 2 atom stereocenters. The van der Waals surface area contributed by atoms with Crippen LogP contribution in [0.3, 0.4) is 0 Å². The molecule has 4 nitrogen and oxygen atoms in total. The van der Waals surface area contributed by atoms with Gasteiger partial charge < -0.3 is 10.0 Å². The van der Waals surface area contributed by atoms with Crippen molar-refractivity contribution in [3.8, 4) is 0 Å². The lowest BCUT2D eigenvalue weighted by Crippen LogP contribution is -2.56. The van der Waals surface area contributed by atoms with E-state index in [1.54, 1.807) is 0 Å². The van der Waals surface area contributed by atoms with E-state index in [0.717, 1.165) is 19.6 Å². The lowest BCUT2D eigenvalue weighted by atomic mass is 10.0. The number of nitrogens with zero attached hydrogens (tertiary/aromatic N) is 2. The second kappa shape index (κ2) is 6.36. The maximum Gasteiger partial charge on any atom is 0.304 e. The molecule has 1 fully saturated rings. The van der Waals surface area contributed by atoms with E-state index in [9.17, 15) is 4.79 Å². The smallest absolute Gasteiger partial charge is 0.304 e. The highest BCUT2D eigenvalue weighted by molar-refractivity contribution is 5.67. The van der Waals surface area contributed by atoms with Crippen LogP contribution in [0.15, 0.2) is 0 Å². The number of carboxylic acids is 1. The molecular weight excluding hydrogens is 216 g/mol. The van der Waals surface area contributed by atoms with Crippen LogP contribution in [0.2, 0.25) is 0 Å². The molecular formula is C13H26N2O2. The molecule has 4 heteroatoms. The van der Waals surface area contributed by atoms with Gasteiger partial charge in [0.25, 0.3) is 0 Å². The Morgan fingerprint density at radius 3 is 2.59 bits per heavy atom. The Labute approximate surface area is 105 Å². The summed E-state index contributed by atoms with van der Waals surface area (Å²) in [7, 11) is 2.03. The highest BCUT2D eigenvalue weighted by Gasteiger charge is 2.30. The first-order valence-electron chi connectivity index (χ1n) is 6.56. The predicted molar refractivity (Wildman–Crippen MR) is 69.2 cm³/mol. The van der Waals surface area contributed by atoms with Gasteiger partial charge in [-0.1, -0.05) is 13.8 Å². The molecule has 100 valence electrons. The van der Waals surface area contributed by atoms with Gasteiger partial charge in [-0.15, -0.1) is 0 Å². The zero-order valence-corrected chi connectivity index (χ0v) is 11.5. The van der Waals surface area contributed by atoms with E-state index in [0.29, 0.717) is 12.0 Å². The number of aliphatic carboxylic acids is 1. The molecule has 1 heterocycles. The van der Waals surface area contributed by atoms with Crippen molar-refractivity contribution in [3.05, 3.63) is 0 Å². The molecule has 0 amide bonds. The SMILES string of the molecule is CC(C)CCN1CC(CC(=O)O)N(C)CC1C. The Morgan fingerprint density at radius 2 is 2.06 bits per heavy atom. The quantitative estimate of drug-likeness (QED) is 0.793. The third-order valence-electron chi connectivity index (χ3n) is 3.65.